The zero-order valence-corrected chi connectivity index (χ0v) is 18.8. The van der Waals surface area contributed by atoms with E-state index >= 15 is 0 Å². The van der Waals surface area contributed by atoms with Crippen molar-refractivity contribution in [3.8, 4) is 0 Å². The van der Waals surface area contributed by atoms with Crippen molar-refractivity contribution in [3.05, 3.63) is 24.3 Å². The topological polar surface area (TPSA) is 122 Å². The maximum Gasteiger partial charge on any atom is 0.328 e. The van der Waals surface area contributed by atoms with E-state index in [0.717, 1.165) is 25.7 Å². The first kappa shape index (κ1) is 23.2. The predicted molar refractivity (Wildman–Crippen MR) is 114 cm³/mol. The smallest absolute Gasteiger partial charge is 0.328 e. The van der Waals surface area contributed by atoms with Gasteiger partial charge in [-0.05, 0) is 56.4 Å². The predicted octanol–water partition coefficient (Wildman–Crippen LogP) is 1.64. The highest BCUT2D eigenvalue weighted by Gasteiger charge is 2.49. The van der Waals surface area contributed by atoms with E-state index in [9.17, 15) is 22.8 Å². The molecule has 1 aliphatic carbocycles. The third kappa shape index (κ3) is 5.07. The van der Waals surface area contributed by atoms with Crippen LogP contribution >= 0.6 is 0 Å². The van der Waals surface area contributed by atoms with Gasteiger partial charge >= 0.3 is 5.97 Å². The molecule has 31 heavy (non-hydrogen) atoms. The summed E-state index contributed by atoms with van der Waals surface area (Å²) in [5.41, 5.74) is 0.469. The SMILES string of the molecule is COC(=O)C1CC2CCCCC2N1C(=O)[C@H](C)NS(=O)(=O)c1ccc(NC(C)=O)cc1. The van der Waals surface area contributed by atoms with Crippen LogP contribution in [0, 0.1) is 5.92 Å². The fraction of sp³-hybridized carbons (Fsp3) is 0.571. The minimum absolute atomic E-state index is 0.0252. The van der Waals surface area contributed by atoms with Gasteiger partial charge in [-0.1, -0.05) is 12.8 Å². The van der Waals surface area contributed by atoms with Gasteiger partial charge in [0.05, 0.1) is 18.0 Å². The summed E-state index contributed by atoms with van der Waals surface area (Å²) in [6, 6.07) is 3.85. The first-order chi connectivity index (χ1) is 14.6. The number of rotatable bonds is 6. The highest BCUT2D eigenvalue weighted by Crippen LogP contribution is 2.40. The van der Waals surface area contributed by atoms with Crippen molar-refractivity contribution in [3.63, 3.8) is 0 Å². The summed E-state index contributed by atoms with van der Waals surface area (Å²) in [5, 5.41) is 2.57. The molecule has 0 radical (unpaired) electrons. The lowest BCUT2D eigenvalue weighted by Crippen LogP contribution is -2.53. The molecule has 0 bridgehead atoms. The molecule has 9 nitrogen and oxygen atoms in total. The van der Waals surface area contributed by atoms with Crippen molar-refractivity contribution < 1.29 is 27.5 Å². The number of hydrogen-bond donors (Lipinski definition) is 2. The molecule has 3 unspecified atom stereocenters. The molecule has 1 heterocycles. The van der Waals surface area contributed by atoms with Crippen LogP contribution in [0.25, 0.3) is 0 Å². The normalized spacial score (nSPS) is 24.2. The number of ether oxygens (including phenoxy) is 1. The van der Waals surface area contributed by atoms with Gasteiger partial charge < -0.3 is 15.0 Å². The summed E-state index contributed by atoms with van der Waals surface area (Å²) in [6.45, 7) is 2.84. The van der Waals surface area contributed by atoms with Gasteiger partial charge in [0.1, 0.15) is 6.04 Å². The average Bonchev–Trinajstić information content (AvgIpc) is 3.11. The van der Waals surface area contributed by atoms with E-state index in [-0.39, 0.29) is 22.8 Å². The second kappa shape index (κ2) is 9.35. The quantitative estimate of drug-likeness (QED) is 0.634. The summed E-state index contributed by atoms with van der Waals surface area (Å²) in [4.78, 5) is 38.2. The zero-order chi connectivity index (χ0) is 22.8. The average molecular weight is 452 g/mol. The van der Waals surface area contributed by atoms with Crippen LogP contribution in [-0.2, 0) is 29.1 Å². The molecule has 4 atom stereocenters. The van der Waals surface area contributed by atoms with Crippen LogP contribution in [-0.4, -0.2) is 56.3 Å². The maximum absolute atomic E-state index is 13.3. The Morgan fingerprint density at radius 3 is 2.39 bits per heavy atom. The first-order valence-corrected chi connectivity index (χ1v) is 11.9. The Morgan fingerprint density at radius 1 is 1.13 bits per heavy atom. The van der Waals surface area contributed by atoms with Gasteiger partial charge in [0.15, 0.2) is 0 Å². The van der Waals surface area contributed by atoms with Crippen molar-refractivity contribution in [2.45, 2.75) is 69.0 Å². The molecule has 0 spiro atoms. The van der Waals surface area contributed by atoms with Crippen molar-refractivity contribution in [1.82, 2.24) is 9.62 Å². The molecule has 2 N–H and O–H groups in total. The summed E-state index contributed by atoms with van der Waals surface area (Å²) in [7, 11) is -2.68. The number of esters is 1. The number of carbonyl (C=O) groups is 3. The van der Waals surface area contributed by atoms with Gasteiger partial charge in [-0.3, -0.25) is 9.59 Å². The number of nitrogens with zero attached hydrogens (tertiary/aromatic N) is 1. The molecule has 10 heteroatoms. The van der Waals surface area contributed by atoms with Gasteiger partial charge in [-0.15, -0.1) is 0 Å². The Balaban J connectivity index is 1.76. The number of benzene rings is 1. The monoisotopic (exact) mass is 451 g/mol. The van der Waals surface area contributed by atoms with E-state index in [0.29, 0.717) is 12.1 Å². The minimum atomic E-state index is -3.98. The molecule has 0 aromatic heterocycles. The summed E-state index contributed by atoms with van der Waals surface area (Å²) in [5.74, 6) is -0.929. The number of carbonyl (C=O) groups excluding carboxylic acids is 3. The van der Waals surface area contributed by atoms with Crippen molar-refractivity contribution in [2.75, 3.05) is 12.4 Å². The van der Waals surface area contributed by atoms with E-state index in [1.54, 1.807) is 4.90 Å². The number of hydrogen-bond acceptors (Lipinski definition) is 6. The lowest BCUT2D eigenvalue weighted by Gasteiger charge is -2.34. The third-order valence-corrected chi connectivity index (χ3v) is 7.56. The largest absolute Gasteiger partial charge is 0.467 e. The molecule has 1 saturated carbocycles. The van der Waals surface area contributed by atoms with Crippen LogP contribution in [0.2, 0.25) is 0 Å². The van der Waals surface area contributed by atoms with E-state index < -0.39 is 34.0 Å². The van der Waals surface area contributed by atoms with Crippen LogP contribution in [0.15, 0.2) is 29.2 Å². The lowest BCUT2D eigenvalue weighted by molar-refractivity contribution is -0.152. The number of amides is 2. The van der Waals surface area contributed by atoms with E-state index in [2.05, 4.69) is 10.0 Å². The molecule has 2 fully saturated rings. The Kier molecular flexibility index (Phi) is 7.00. The molecule has 1 aromatic carbocycles. The van der Waals surface area contributed by atoms with Crippen LogP contribution in [0.3, 0.4) is 0 Å². The number of methoxy groups -OCH3 is 1. The van der Waals surface area contributed by atoms with E-state index in [4.69, 9.17) is 4.74 Å². The van der Waals surface area contributed by atoms with Gasteiger partial charge in [0.25, 0.3) is 0 Å². The number of fused-ring (bicyclic) bond motifs is 1. The number of anilines is 1. The molecule has 2 aliphatic rings. The van der Waals surface area contributed by atoms with Gasteiger partial charge in [0, 0.05) is 18.7 Å². The second-order valence-electron chi connectivity index (χ2n) is 8.18. The van der Waals surface area contributed by atoms with Crippen LogP contribution in [0.4, 0.5) is 5.69 Å². The number of sulfonamides is 1. The Bertz CT molecular complexity index is 946. The fourth-order valence-corrected chi connectivity index (χ4v) is 5.82. The number of nitrogens with one attached hydrogen (secondary N) is 2. The van der Waals surface area contributed by atoms with Gasteiger partial charge in [-0.2, -0.15) is 4.72 Å². The molecule has 2 amide bonds. The molecular weight excluding hydrogens is 422 g/mol. The zero-order valence-electron chi connectivity index (χ0n) is 18.0. The summed E-state index contributed by atoms with van der Waals surface area (Å²) in [6.07, 6.45) is 4.33. The molecule has 3 rings (SSSR count). The molecular formula is C21H29N3O6S. The van der Waals surface area contributed by atoms with Crippen molar-refractivity contribution in [2.24, 2.45) is 5.92 Å². The Labute approximate surface area is 182 Å². The van der Waals surface area contributed by atoms with E-state index in [1.165, 1.54) is 45.2 Å². The van der Waals surface area contributed by atoms with Crippen molar-refractivity contribution >= 4 is 33.5 Å². The lowest BCUT2D eigenvalue weighted by atomic mass is 9.84. The standard InChI is InChI=1S/C21H29N3O6S/c1-13(23-31(28,29)17-10-8-16(9-11-17)22-14(2)25)20(26)24-18-7-5-4-6-15(18)12-19(24)21(27)30-3/h8-11,13,15,18-19,23H,4-7,12H2,1-3H3,(H,22,25)/t13-,15?,18?,19?/m0/s1. The maximum atomic E-state index is 13.3. The van der Waals surface area contributed by atoms with Crippen molar-refractivity contribution in [1.29, 1.82) is 0 Å². The van der Waals surface area contributed by atoms with Gasteiger partial charge in [-0.25, -0.2) is 13.2 Å². The van der Waals surface area contributed by atoms with Gasteiger partial charge in [0.2, 0.25) is 21.8 Å². The third-order valence-electron chi connectivity index (χ3n) is 6.00. The Morgan fingerprint density at radius 2 is 1.77 bits per heavy atom. The van der Waals surface area contributed by atoms with Crippen LogP contribution < -0.4 is 10.0 Å². The Hall–Kier alpha value is -2.46. The second-order valence-corrected chi connectivity index (χ2v) is 9.89. The molecule has 1 aromatic rings. The highest BCUT2D eigenvalue weighted by molar-refractivity contribution is 7.89. The highest BCUT2D eigenvalue weighted by atomic mass is 32.2. The molecule has 170 valence electrons. The van der Waals surface area contributed by atoms with Crippen LogP contribution in [0.1, 0.15) is 46.0 Å². The first-order valence-electron chi connectivity index (χ1n) is 10.4. The molecule has 1 aliphatic heterocycles. The number of likely N-dealkylation sites (tertiary alicyclic amines) is 1. The minimum Gasteiger partial charge on any atom is -0.467 e. The summed E-state index contributed by atoms with van der Waals surface area (Å²) >= 11 is 0. The van der Waals surface area contributed by atoms with Crippen LogP contribution in [0.5, 0.6) is 0 Å². The van der Waals surface area contributed by atoms with E-state index in [1.807, 2.05) is 0 Å². The molecule has 1 saturated heterocycles. The summed E-state index contributed by atoms with van der Waals surface area (Å²) < 4.78 is 32.9. The fourth-order valence-electron chi connectivity index (χ4n) is 4.62.